The highest BCUT2D eigenvalue weighted by atomic mass is 16.3. The fourth-order valence-electron chi connectivity index (χ4n) is 5.40. The summed E-state index contributed by atoms with van der Waals surface area (Å²) in [7, 11) is 0. The van der Waals surface area contributed by atoms with Crippen LogP contribution in [0.2, 0.25) is 0 Å². The molecule has 2 fully saturated rings. The maximum atomic E-state index is 12.3. The SMILES string of the molecule is C[C@]12CC[C@@H]3c4cc(N)c(O)cc4CC[C@H]3[C@@H]1CCC2=O. The number of aryl methyl sites for hydroxylation is 1. The first-order valence-electron chi connectivity index (χ1n) is 8.15. The maximum Gasteiger partial charge on any atom is 0.139 e. The Morgan fingerprint density at radius 3 is 2.86 bits per heavy atom. The van der Waals surface area contributed by atoms with Gasteiger partial charge in [0.05, 0.1) is 5.69 Å². The van der Waals surface area contributed by atoms with E-state index < -0.39 is 0 Å². The lowest BCUT2D eigenvalue weighted by Crippen LogP contribution is -2.42. The summed E-state index contributed by atoms with van der Waals surface area (Å²) in [5.74, 6) is 2.39. The van der Waals surface area contributed by atoms with Crippen LogP contribution in [-0.2, 0) is 11.2 Å². The molecule has 0 saturated heterocycles. The van der Waals surface area contributed by atoms with Gasteiger partial charge in [0.1, 0.15) is 11.5 Å². The molecule has 0 unspecified atom stereocenters. The number of ketones is 1. The first-order chi connectivity index (χ1) is 10.0. The van der Waals surface area contributed by atoms with Crippen molar-refractivity contribution in [2.45, 2.75) is 51.4 Å². The quantitative estimate of drug-likeness (QED) is 0.567. The van der Waals surface area contributed by atoms with Crippen LogP contribution in [0.4, 0.5) is 5.69 Å². The van der Waals surface area contributed by atoms with Gasteiger partial charge in [0.2, 0.25) is 0 Å². The minimum Gasteiger partial charge on any atom is -0.506 e. The highest BCUT2D eigenvalue weighted by Crippen LogP contribution is 2.59. The third-order valence-electron chi connectivity index (χ3n) is 6.58. The number of aromatic hydroxyl groups is 1. The number of hydrogen-bond donors (Lipinski definition) is 2. The van der Waals surface area contributed by atoms with Crippen molar-refractivity contribution in [1.82, 2.24) is 0 Å². The molecule has 2 saturated carbocycles. The summed E-state index contributed by atoms with van der Waals surface area (Å²) < 4.78 is 0. The van der Waals surface area contributed by atoms with Crippen LogP contribution >= 0.6 is 0 Å². The van der Waals surface area contributed by atoms with Crippen molar-refractivity contribution in [2.75, 3.05) is 5.73 Å². The number of carbonyl (C=O) groups excluding carboxylic acids is 1. The monoisotopic (exact) mass is 285 g/mol. The van der Waals surface area contributed by atoms with Crippen molar-refractivity contribution >= 4 is 11.5 Å². The normalized spacial score (nSPS) is 37.8. The van der Waals surface area contributed by atoms with Crippen molar-refractivity contribution in [3.8, 4) is 5.75 Å². The predicted octanol–water partition coefficient (Wildman–Crippen LogP) is 3.40. The molecule has 0 heterocycles. The molecule has 4 atom stereocenters. The predicted molar refractivity (Wildman–Crippen MR) is 82.1 cm³/mol. The maximum absolute atomic E-state index is 12.3. The van der Waals surface area contributed by atoms with Crippen molar-refractivity contribution < 1.29 is 9.90 Å². The van der Waals surface area contributed by atoms with Gasteiger partial charge < -0.3 is 10.8 Å². The number of hydrogen-bond acceptors (Lipinski definition) is 3. The summed E-state index contributed by atoms with van der Waals surface area (Å²) in [5, 5.41) is 9.83. The molecule has 0 aromatic heterocycles. The molecule has 4 rings (SSSR count). The number of rotatable bonds is 0. The van der Waals surface area contributed by atoms with E-state index in [0.29, 0.717) is 29.2 Å². The standard InChI is InChI=1S/C18H23NO2/c1-18-7-6-11-12(14(18)4-5-17(18)21)3-2-10-8-16(20)15(19)9-13(10)11/h8-9,11-12,14,20H,2-7,19H2,1H3/t11-,12+,14-,18-/m0/s1. The third-order valence-corrected chi connectivity index (χ3v) is 6.58. The van der Waals surface area contributed by atoms with Crippen molar-refractivity contribution in [2.24, 2.45) is 17.3 Å². The molecular formula is C18H23NO2. The highest BCUT2D eigenvalue weighted by Gasteiger charge is 2.54. The number of nitrogen functional groups attached to an aromatic ring is 1. The Labute approximate surface area is 125 Å². The van der Waals surface area contributed by atoms with E-state index in [1.54, 1.807) is 0 Å². The Morgan fingerprint density at radius 1 is 1.24 bits per heavy atom. The second-order valence-corrected chi connectivity index (χ2v) is 7.44. The average molecular weight is 285 g/mol. The average Bonchev–Trinajstić information content (AvgIpc) is 2.76. The number of nitrogens with two attached hydrogens (primary N) is 1. The van der Waals surface area contributed by atoms with Crippen molar-refractivity contribution in [3.05, 3.63) is 23.3 Å². The molecule has 0 aliphatic heterocycles. The number of fused-ring (bicyclic) bond motifs is 5. The van der Waals surface area contributed by atoms with E-state index in [4.69, 9.17) is 5.73 Å². The van der Waals surface area contributed by atoms with Crippen LogP contribution in [0, 0.1) is 17.3 Å². The number of anilines is 1. The van der Waals surface area contributed by atoms with E-state index in [1.165, 1.54) is 11.1 Å². The smallest absolute Gasteiger partial charge is 0.139 e. The van der Waals surface area contributed by atoms with Crippen molar-refractivity contribution in [1.29, 1.82) is 0 Å². The molecule has 3 nitrogen and oxygen atoms in total. The third kappa shape index (κ3) is 1.69. The second-order valence-electron chi connectivity index (χ2n) is 7.44. The summed E-state index contributed by atoms with van der Waals surface area (Å²) in [6.45, 7) is 2.20. The first-order valence-corrected chi connectivity index (χ1v) is 8.15. The van der Waals surface area contributed by atoms with Crippen LogP contribution in [0.25, 0.3) is 0 Å². The van der Waals surface area contributed by atoms with Crippen LogP contribution in [0.5, 0.6) is 5.75 Å². The lowest BCUT2D eigenvalue weighted by atomic mass is 9.55. The largest absolute Gasteiger partial charge is 0.506 e. The molecule has 21 heavy (non-hydrogen) atoms. The van der Waals surface area contributed by atoms with E-state index in [2.05, 4.69) is 6.92 Å². The Bertz CT molecular complexity index is 624. The van der Waals surface area contributed by atoms with Gasteiger partial charge >= 0.3 is 0 Å². The molecule has 3 heteroatoms. The van der Waals surface area contributed by atoms with E-state index in [1.807, 2.05) is 12.1 Å². The van der Waals surface area contributed by atoms with Gasteiger partial charge in [-0.15, -0.1) is 0 Å². The minimum absolute atomic E-state index is 0.0683. The minimum atomic E-state index is -0.0683. The Morgan fingerprint density at radius 2 is 2.05 bits per heavy atom. The summed E-state index contributed by atoms with van der Waals surface area (Å²) in [5.41, 5.74) is 8.94. The zero-order valence-electron chi connectivity index (χ0n) is 12.6. The number of carbonyl (C=O) groups is 1. The molecule has 0 amide bonds. The van der Waals surface area contributed by atoms with Gasteiger partial charge in [-0.05, 0) is 73.1 Å². The number of phenols is 1. The zero-order chi connectivity index (χ0) is 14.8. The number of phenolic OH excluding ortho intramolecular Hbond substituents is 1. The molecule has 0 bridgehead atoms. The number of benzene rings is 1. The van der Waals surface area contributed by atoms with Crippen LogP contribution in [0.1, 0.15) is 56.1 Å². The van der Waals surface area contributed by atoms with E-state index in [-0.39, 0.29) is 11.2 Å². The molecule has 3 aliphatic rings. The zero-order valence-corrected chi connectivity index (χ0v) is 12.6. The Balaban J connectivity index is 1.75. The summed E-state index contributed by atoms with van der Waals surface area (Å²) in [6, 6.07) is 3.84. The van der Waals surface area contributed by atoms with Gasteiger partial charge in [-0.2, -0.15) is 0 Å². The van der Waals surface area contributed by atoms with Gasteiger partial charge in [-0.1, -0.05) is 6.92 Å². The van der Waals surface area contributed by atoms with Gasteiger partial charge in [-0.3, -0.25) is 4.79 Å². The Hall–Kier alpha value is -1.51. The van der Waals surface area contributed by atoms with Gasteiger partial charge in [0, 0.05) is 11.8 Å². The topological polar surface area (TPSA) is 63.3 Å². The molecule has 112 valence electrons. The van der Waals surface area contributed by atoms with Gasteiger partial charge in [0.15, 0.2) is 0 Å². The fraction of sp³-hybridized carbons (Fsp3) is 0.611. The molecule has 0 spiro atoms. The van der Waals surface area contributed by atoms with E-state index in [9.17, 15) is 9.90 Å². The van der Waals surface area contributed by atoms with Crippen LogP contribution in [0.3, 0.4) is 0 Å². The fourth-order valence-corrected chi connectivity index (χ4v) is 5.40. The summed E-state index contributed by atoms with van der Waals surface area (Å²) in [6.07, 6.45) is 6.09. The molecule has 3 N–H and O–H groups in total. The van der Waals surface area contributed by atoms with Crippen LogP contribution in [0.15, 0.2) is 12.1 Å². The number of Topliss-reactive ketones (excluding diaryl/α,β-unsaturated/α-hetero) is 1. The summed E-state index contributed by atoms with van der Waals surface area (Å²) >= 11 is 0. The molecule has 3 aliphatic carbocycles. The van der Waals surface area contributed by atoms with E-state index >= 15 is 0 Å². The molecule has 1 aromatic rings. The second kappa shape index (κ2) is 4.25. The first kappa shape index (κ1) is 13.2. The van der Waals surface area contributed by atoms with Crippen LogP contribution in [-0.4, -0.2) is 10.9 Å². The lowest BCUT2D eigenvalue weighted by Gasteiger charge is -2.48. The summed E-state index contributed by atoms with van der Waals surface area (Å²) in [4.78, 5) is 12.3. The van der Waals surface area contributed by atoms with E-state index in [0.717, 1.165) is 38.5 Å². The lowest BCUT2D eigenvalue weighted by molar-refractivity contribution is -0.129. The van der Waals surface area contributed by atoms with Crippen molar-refractivity contribution in [3.63, 3.8) is 0 Å². The molecule has 1 aromatic carbocycles. The van der Waals surface area contributed by atoms with Gasteiger partial charge in [-0.25, -0.2) is 0 Å². The van der Waals surface area contributed by atoms with Crippen LogP contribution < -0.4 is 5.73 Å². The molecular weight excluding hydrogens is 262 g/mol. The highest BCUT2D eigenvalue weighted by molar-refractivity contribution is 5.87. The molecule has 0 radical (unpaired) electrons. The van der Waals surface area contributed by atoms with Gasteiger partial charge in [0.25, 0.3) is 0 Å². The Kier molecular flexibility index (Phi) is 2.66.